The Kier molecular flexibility index (Phi) is 7.30. The van der Waals surface area contributed by atoms with Gasteiger partial charge in [0.15, 0.2) is 5.69 Å². The van der Waals surface area contributed by atoms with Crippen LogP contribution < -0.4 is 4.90 Å². The van der Waals surface area contributed by atoms with Crippen molar-refractivity contribution in [3.8, 4) is 11.4 Å². The summed E-state index contributed by atoms with van der Waals surface area (Å²) in [5.41, 5.74) is 14.2. The molecule has 5 aromatic carbocycles. The molecule has 254 valence electrons. The summed E-state index contributed by atoms with van der Waals surface area (Å²) in [5.74, 6) is 0. The lowest BCUT2D eigenvalue weighted by molar-refractivity contribution is -0.824. The van der Waals surface area contributed by atoms with Crippen molar-refractivity contribution < 1.29 is 4.90 Å². The Labute approximate surface area is 306 Å². The quantitative estimate of drug-likeness (QED) is 0.149. The van der Waals surface area contributed by atoms with Gasteiger partial charge in [-0.25, -0.2) is 9.97 Å². The number of likely N-dealkylation sites (N-methyl/N-ethyl adjacent to an activating group) is 1. The minimum atomic E-state index is 0.446. The van der Waals surface area contributed by atoms with Crippen molar-refractivity contribution in [3.05, 3.63) is 169 Å². The molecule has 1 aliphatic carbocycles. The van der Waals surface area contributed by atoms with E-state index < -0.39 is 0 Å². The molecule has 53 heavy (non-hydrogen) atoms. The number of aromatic nitrogens is 5. The number of H-pyrrole nitrogens is 2. The van der Waals surface area contributed by atoms with E-state index >= 15 is 0 Å². The van der Waals surface area contributed by atoms with E-state index in [0.717, 1.165) is 33.3 Å². The first-order valence-corrected chi connectivity index (χ1v) is 18.1. The van der Waals surface area contributed by atoms with Gasteiger partial charge in [-0.2, -0.15) is 0 Å². The molecule has 12 rings (SSSR count). The molecule has 2 atom stereocenters. The highest BCUT2D eigenvalue weighted by Gasteiger charge is 2.31. The summed E-state index contributed by atoms with van der Waals surface area (Å²) in [4.78, 5) is 17.8. The van der Waals surface area contributed by atoms with Crippen molar-refractivity contribution in [1.82, 2.24) is 24.5 Å². The van der Waals surface area contributed by atoms with Crippen LogP contribution in [0.25, 0.3) is 83.0 Å². The van der Waals surface area contributed by atoms with Crippen LogP contribution in [0.2, 0.25) is 0 Å². The number of nitrogens with zero attached hydrogens (tertiary/aromatic N) is 3. The molecule has 0 spiro atoms. The maximum atomic E-state index is 4.73. The highest BCUT2D eigenvalue weighted by molar-refractivity contribution is 6.08. The van der Waals surface area contributed by atoms with Gasteiger partial charge in [0.2, 0.25) is 0 Å². The lowest BCUT2D eigenvalue weighted by Crippen LogP contribution is -3.08. The van der Waals surface area contributed by atoms with E-state index in [1.807, 2.05) is 30.3 Å². The predicted octanol–water partition coefficient (Wildman–Crippen LogP) is 9.91. The van der Waals surface area contributed by atoms with E-state index in [1.54, 1.807) is 0 Å². The Hall–Kier alpha value is -6.76. The van der Waals surface area contributed by atoms with Crippen LogP contribution >= 0.6 is 0 Å². The number of aromatic amines is 2. The number of para-hydroxylation sites is 5. The molecular weight excluding hydrogens is 649 g/mol. The van der Waals surface area contributed by atoms with Crippen molar-refractivity contribution in [1.29, 1.82) is 0 Å². The van der Waals surface area contributed by atoms with E-state index in [-0.39, 0.29) is 0 Å². The highest BCUT2D eigenvalue weighted by atomic mass is 15.2. The van der Waals surface area contributed by atoms with E-state index in [4.69, 9.17) is 9.97 Å². The normalized spacial score (nSPS) is 16.1. The number of hydrogen-bond acceptors (Lipinski definition) is 2. The second-order valence-electron chi connectivity index (χ2n) is 13.9. The second-order valence-corrected chi connectivity index (χ2v) is 13.9. The SMILES string of the molecule is C[NH+]1c2c([nH]c3ccccc23)C=C2C=CC=CC21.Cn1c2c3ccccc3nc-2cc2ccccc21.c1ccc2nc3c(cc2c1)[nH]c1ccccc13. The largest absolute Gasteiger partial charge is 0.353 e. The first-order chi connectivity index (χ1) is 26.1. The van der Waals surface area contributed by atoms with Crippen molar-refractivity contribution in [2.24, 2.45) is 7.05 Å². The minimum absolute atomic E-state index is 0.446. The number of allylic oxidation sites excluding steroid dienone is 2. The summed E-state index contributed by atoms with van der Waals surface area (Å²) in [6.45, 7) is 0. The number of aryl methyl sites for hydroxylation is 1. The number of pyridine rings is 2. The van der Waals surface area contributed by atoms with Crippen molar-refractivity contribution in [3.63, 3.8) is 0 Å². The maximum Gasteiger partial charge on any atom is 0.164 e. The Bertz CT molecular complexity index is 3050. The molecule has 2 unspecified atom stereocenters. The van der Waals surface area contributed by atoms with Gasteiger partial charge in [-0.15, -0.1) is 0 Å². The number of benzene rings is 5. The molecule has 6 heteroatoms. The molecule has 0 bridgehead atoms. The molecule has 6 nitrogen and oxygen atoms in total. The molecule has 0 saturated carbocycles. The van der Waals surface area contributed by atoms with Crippen LogP contribution in [0.15, 0.2) is 163 Å². The third-order valence-corrected chi connectivity index (χ3v) is 10.7. The van der Waals surface area contributed by atoms with E-state index in [2.05, 4.69) is 162 Å². The molecule has 3 aromatic heterocycles. The van der Waals surface area contributed by atoms with Crippen LogP contribution in [-0.4, -0.2) is 37.6 Å². The highest BCUT2D eigenvalue weighted by Crippen LogP contribution is 2.34. The van der Waals surface area contributed by atoms with E-state index in [1.165, 1.54) is 65.5 Å². The zero-order valence-electron chi connectivity index (χ0n) is 29.5. The average Bonchev–Trinajstić information content (AvgIpc) is 3.88. The average molecular weight is 686 g/mol. The molecule has 8 aromatic rings. The molecule has 3 aliphatic heterocycles. The zero-order valence-corrected chi connectivity index (χ0v) is 29.5. The first-order valence-electron chi connectivity index (χ1n) is 18.1. The van der Waals surface area contributed by atoms with Gasteiger partial charge in [-0.3, -0.25) is 4.90 Å². The number of nitrogens with one attached hydrogen (secondary N) is 3. The third kappa shape index (κ3) is 5.22. The monoisotopic (exact) mass is 685 g/mol. The van der Waals surface area contributed by atoms with Crippen molar-refractivity contribution >= 4 is 77.3 Å². The Balaban J connectivity index is 0.0000000989. The van der Waals surface area contributed by atoms with Crippen LogP contribution in [0.4, 0.5) is 5.69 Å². The topological polar surface area (TPSA) is 66.7 Å². The summed E-state index contributed by atoms with van der Waals surface area (Å²) in [5, 5.41) is 6.15. The minimum Gasteiger partial charge on any atom is -0.353 e. The lowest BCUT2D eigenvalue weighted by Gasteiger charge is -2.28. The van der Waals surface area contributed by atoms with Crippen molar-refractivity contribution in [2.75, 3.05) is 7.05 Å². The van der Waals surface area contributed by atoms with E-state index in [0.29, 0.717) is 6.04 Å². The summed E-state index contributed by atoms with van der Waals surface area (Å²) >= 11 is 0. The molecule has 4 aliphatic rings. The number of fused-ring (bicyclic) bond motifs is 12. The zero-order chi connectivity index (χ0) is 35.5. The number of rotatable bonds is 0. The third-order valence-electron chi connectivity index (χ3n) is 10.7. The summed E-state index contributed by atoms with van der Waals surface area (Å²) in [7, 11) is 4.36. The molecule has 0 radical (unpaired) electrons. The van der Waals surface area contributed by atoms with Gasteiger partial charge in [0.05, 0.1) is 51.4 Å². The van der Waals surface area contributed by atoms with Crippen molar-refractivity contribution in [2.45, 2.75) is 6.04 Å². The van der Waals surface area contributed by atoms with Crippen LogP contribution in [-0.2, 0) is 7.05 Å². The van der Waals surface area contributed by atoms with E-state index in [9.17, 15) is 0 Å². The van der Waals surface area contributed by atoms with Gasteiger partial charge in [0, 0.05) is 45.2 Å². The summed E-state index contributed by atoms with van der Waals surface area (Å²) in [6.07, 6.45) is 11.0. The van der Waals surface area contributed by atoms with Gasteiger partial charge < -0.3 is 14.5 Å². The standard InChI is InChI=1S/C16H14N2.C16H12N2.C15H10N2/c2*1-18-15-9-5-2-6-11(15)10-14-16(18)12-7-3-4-8-13(12)17-14;1-3-7-12-10(5-1)9-14-15(17-12)11-6-2-4-8-13(11)16-14/h2-10,15,17H,1H3;2-10H,1H3;1-9,16H/p+1. The van der Waals surface area contributed by atoms with Gasteiger partial charge in [-0.05, 0) is 60.7 Å². The van der Waals surface area contributed by atoms with Gasteiger partial charge >= 0.3 is 0 Å². The lowest BCUT2D eigenvalue weighted by atomic mass is 9.95. The Morgan fingerprint density at radius 2 is 1.30 bits per heavy atom. The van der Waals surface area contributed by atoms with Crippen LogP contribution in [0, 0.1) is 0 Å². The molecule has 0 saturated heterocycles. The molecular formula is C47H37N6+. The number of hydrogen-bond donors (Lipinski definition) is 3. The second kappa shape index (κ2) is 12.5. The van der Waals surface area contributed by atoms with Gasteiger partial charge in [0.25, 0.3) is 0 Å². The van der Waals surface area contributed by atoms with Crippen LogP contribution in [0.5, 0.6) is 0 Å². The molecule has 3 N–H and O–H groups in total. The summed E-state index contributed by atoms with van der Waals surface area (Å²) < 4.78 is 2.24. The van der Waals surface area contributed by atoms with Crippen LogP contribution in [0.1, 0.15) is 5.69 Å². The Morgan fingerprint density at radius 1 is 0.623 bits per heavy atom. The van der Waals surface area contributed by atoms with Crippen LogP contribution in [0.3, 0.4) is 0 Å². The smallest absolute Gasteiger partial charge is 0.164 e. The molecule has 0 amide bonds. The molecule has 0 fully saturated rings. The van der Waals surface area contributed by atoms with Gasteiger partial charge in [-0.1, -0.05) is 103 Å². The van der Waals surface area contributed by atoms with Gasteiger partial charge in [0.1, 0.15) is 11.7 Å². The summed E-state index contributed by atoms with van der Waals surface area (Å²) in [6, 6.07) is 46.5. The number of quaternary nitrogens is 1. The first kappa shape index (κ1) is 31.0. The predicted molar refractivity (Wildman–Crippen MR) is 221 cm³/mol. The fraction of sp³-hybridized carbons (Fsp3) is 0.0638. The Morgan fingerprint density at radius 3 is 2.15 bits per heavy atom. The molecule has 6 heterocycles. The fourth-order valence-corrected chi connectivity index (χ4v) is 8.20. The maximum absolute atomic E-state index is 4.73. The fourth-order valence-electron chi connectivity index (χ4n) is 8.20.